The fourth-order valence-electron chi connectivity index (χ4n) is 3.94. The maximum atomic E-state index is 12.8. The highest BCUT2D eigenvalue weighted by Crippen LogP contribution is 2.38. The number of benzene rings is 2. The predicted octanol–water partition coefficient (Wildman–Crippen LogP) is 3.45. The number of carbonyl (C=O) groups excluding carboxylic acids is 2. The number of aliphatic carboxylic acids is 1. The van der Waals surface area contributed by atoms with Gasteiger partial charge in [0.2, 0.25) is 0 Å². The van der Waals surface area contributed by atoms with Crippen molar-refractivity contribution in [1.29, 1.82) is 0 Å². The van der Waals surface area contributed by atoms with Crippen LogP contribution < -0.4 is 10.5 Å². The Bertz CT molecular complexity index is 1350. The molecule has 31 heavy (non-hydrogen) atoms. The smallest absolute Gasteiger partial charge is 0.341 e. The topological polar surface area (TPSA) is 111 Å². The Balaban J connectivity index is 2.06. The van der Waals surface area contributed by atoms with Crippen LogP contribution in [-0.4, -0.2) is 33.8 Å². The van der Waals surface area contributed by atoms with E-state index < -0.39 is 24.3 Å². The molecule has 4 rings (SSSR count). The number of rotatable bonds is 7. The number of ketones is 1. The molecule has 0 unspecified atom stereocenters. The highest BCUT2D eigenvalue weighted by molar-refractivity contribution is 6.44. The van der Waals surface area contributed by atoms with Gasteiger partial charge in [-0.2, -0.15) is 0 Å². The number of nitrogens with two attached hydrogens (primary N) is 1. The van der Waals surface area contributed by atoms with Crippen molar-refractivity contribution in [3.8, 4) is 17.0 Å². The van der Waals surface area contributed by atoms with E-state index in [-0.39, 0.29) is 11.3 Å². The number of amides is 1. The Morgan fingerprint density at radius 2 is 1.77 bits per heavy atom. The molecule has 2 heterocycles. The van der Waals surface area contributed by atoms with Crippen LogP contribution in [-0.2, 0) is 16.0 Å². The summed E-state index contributed by atoms with van der Waals surface area (Å²) >= 11 is 0. The van der Waals surface area contributed by atoms with Crippen LogP contribution in [0.4, 0.5) is 0 Å². The molecule has 7 heteroatoms. The van der Waals surface area contributed by atoms with Gasteiger partial charge in [-0.15, -0.1) is 0 Å². The number of pyridine rings is 1. The van der Waals surface area contributed by atoms with Crippen LogP contribution in [0.1, 0.15) is 22.8 Å². The molecule has 0 aliphatic rings. The highest BCUT2D eigenvalue weighted by Gasteiger charge is 2.28. The predicted molar refractivity (Wildman–Crippen MR) is 116 cm³/mol. The molecule has 0 saturated heterocycles. The van der Waals surface area contributed by atoms with Crippen molar-refractivity contribution in [3.05, 3.63) is 71.9 Å². The molecule has 0 atom stereocenters. The average molecular weight is 416 g/mol. The zero-order chi connectivity index (χ0) is 22.1. The largest absolute Gasteiger partial charge is 0.480 e. The van der Waals surface area contributed by atoms with Crippen LogP contribution >= 0.6 is 0 Å². The normalized spacial score (nSPS) is 11.0. The molecular weight excluding hydrogens is 396 g/mol. The molecule has 0 radical (unpaired) electrons. The number of ether oxygens (including phenoxy) is 1. The van der Waals surface area contributed by atoms with Gasteiger partial charge in [0.1, 0.15) is 5.75 Å². The maximum absolute atomic E-state index is 12.8. The molecule has 7 nitrogen and oxygen atoms in total. The van der Waals surface area contributed by atoms with Crippen molar-refractivity contribution in [1.82, 2.24) is 4.40 Å². The van der Waals surface area contributed by atoms with Crippen molar-refractivity contribution in [2.24, 2.45) is 5.73 Å². The van der Waals surface area contributed by atoms with E-state index in [2.05, 4.69) is 0 Å². The number of carboxylic acids is 1. The zero-order valence-corrected chi connectivity index (χ0v) is 16.8. The number of aromatic nitrogens is 1. The summed E-state index contributed by atoms with van der Waals surface area (Å²) in [6.45, 7) is 1.30. The molecule has 2 aromatic carbocycles. The number of nitrogens with zero attached hydrogens (tertiary/aromatic N) is 1. The first-order valence-electron chi connectivity index (χ1n) is 9.76. The van der Waals surface area contributed by atoms with Gasteiger partial charge in [-0.05, 0) is 46.5 Å². The SMILES string of the molecule is CCc1c(C(=O)C(N)=O)c2c(OCC(=O)O)cccn2c1-c1ccc2ccccc2c1. The van der Waals surface area contributed by atoms with Gasteiger partial charge >= 0.3 is 5.97 Å². The zero-order valence-electron chi connectivity index (χ0n) is 16.8. The van der Waals surface area contributed by atoms with E-state index in [1.807, 2.05) is 49.4 Å². The lowest BCUT2D eigenvalue weighted by Crippen LogP contribution is -2.24. The first-order valence-corrected chi connectivity index (χ1v) is 9.76. The molecule has 4 aromatic rings. The van der Waals surface area contributed by atoms with Crippen molar-refractivity contribution in [3.63, 3.8) is 0 Å². The van der Waals surface area contributed by atoms with E-state index in [4.69, 9.17) is 15.6 Å². The molecule has 0 saturated carbocycles. The summed E-state index contributed by atoms with van der Waals surface area (Å²) in [5, 5.41) is 11.1. The summed E-state index contributed by atoms with van der Waals surface area (Å²) in [6, 6.07) is 17.1. The molecule has 0 aliphatic heterocycles. The fourth-order valence-corrected chi connectivity index (χ4v) is 3.94. The summed E-state index contributed by atoms with van der Waals surface area (Å²) in [5.74, 6) is -2.88. The Morgan fingerprint density at radius 3 is 2.45 bits per heavy atom. The van der Waals surface area contributed by atoms with Gasteiger partial charge in [0.15, 0.2) is 6.61 Å². The van der Waals surface area contributed by atoms with E-state index in [1.54, 1.807) is 22.7 Å². The van der Waals surface area contributed by atoms with E-state index in [9.17, 15) is 14.4 Å². The van der Waals surface area contributed by atoms with Gasteiger partial charge in [-0.3, -0.25) is 9.59 Å². The lowest BCUT2D eigenvalue weighted by molar-refractivity contribution is -0.139. The van der Waals surface area contributed by atoms with E-state index >= 15 is 0 Å². The van der Waals surface area contributed by atoms with Gasteiger partial charge in [-0.25, -0.2) is 4.79 Å². The highest BCUT2D eigenvalue weighted by atomic mass is 16.5. The summed E-state index contributed by atoms with van der Waals surface area (Å²) in [7, 11) is 0. The minimum absolute atomic E-state index is 0.138. The summed E-state index contributed by atoms with van der Waals surface area (Å²) in [4.78, 5) is 35.7. The Kier molecular flexibility index (Phi) is 5.17. The minimum atomic E-state index is -1.15. The number of primary amides is 1. The first kappa shape index (κ1) is 20.2. The number of fused-ring (bicyclic) bond motifs is 2. The van der Waals surface area contributed by atoms with Gasteiger partial charge in [-0.1, -0.05) is 43.3 Å². The van der Waals surface area contributed by atoms with Crippen molar-refractivity contribution in [2.45, 2.75) is 13.3 Å². The summed E-state index contributed by atoms with van der Waals surface area (Å²) in [5.41, 5.74) is 8.03. The molecule has 0 fully saturated rings. The van der Waals surface area contributed by atoms with Crippen molar-refractivity contribution in [2.75, 3.05) is 6.61 Å². The van der Waals surface area contributed by atoms with Crippen LogP contribution in [0.5, 0.6) is 5.75 Å². The minimum Gasteiger partial charge on any atom is -0.480 e. The number of carbonyl (C=O) groups is 3. The summed E-state index contributed by atoms with van der Waals surface area (Å²) in [6.07, 6.45) is 2.21. The van der Waals surface area contributed by atoms with Gasteiger partial charge < -0.3 is 20.0 Å². The second-order valence-corrected chi connectivity index (χ2v) is 7.08. The van der Waals surface area contributed by atoms with Crippen molar-refractivity contribution < 1.29 is 24.2 Å². The molecule has 3 N–H and O–H groups in total. The van der Waals surface area contributed by atoms with Crippen LogP contribution in [0, 0.1) is 0 Å². The third-order valence-electron chi connectivity index (χ3n) is 5.20. The third-order valence-corrected chi connectivity index (χ3v) is 5.20. The number of Topliss-reactive ketones (excluding diaryl/α,β-unsaturated/α-hetero) is 1. The molecule has 2 aromatic heterocycles. The molecule has 1 amide bonds. The van der Waals surface area contributed by atoms with E-state index in [0.29, 0.717) is 17.5 Å². The lowest BCUT2D eigenvalue weighted by Gasteiger charge is -2.09. The first-order chi connectivity index (χ1) is 14.9. The quantitative estimate of drug-likeness (QED) is 0.354. The molecule has 156 valence electrons. The second-order valence-electron chi connectivity index (χ2n) is 7.08. The van der Waals surface area contributed by atoms with Crippen LogP contribution in [0.15, 0.2) is 60.8 Å². The summed E-state index contributed by atoms with van der Waals surface area (Å²) < 4.78 is 7.21. The third kappa shape index (κ3) is 3.50. The fraction of sp³-hybridized carbons (Fsp3) is 0.125. The van der Waals surface area contributed by atoms with Gasteiger partial charge in [0, 0.05) is 6.20 Å². The average Bonchev–Trinajstić information content (AvgIpc) is 3.11. The number of carboxylic acid groups (broad SMARTS) is 1. The van der Waals surface area contributed by atoms with Crippen LogP contribution in [0.2, 0.25) is 0 Å². The Morgan fingerprint density at radius 1 is 1.03 bits per heavy atom. The van der Waals surface area contributed by atoms with E-state index in [1.165, 1.54) is 0 Å². The Labute approximate surface area is 177 Å². The van der Waals surface area contributed by atoms with Crippen molar-refractivity contribution >= 4 is 33.9 Å². The van der Waals surface area contributed by atoms with Gasteiger partial charge in [0.05, 0.1) is 16.8 Å². The second kappa shape index (κ2) is 7.95. The monoisotopic (exact) mass is 416 g/mol. The number of hydrogen-bond donors (Lipinski definition) is 2. The van der Waals surface area contributed by atoms with Crippen LogP contribution in [0.25, 0.3) is 27.5 Å². The van der Waals surface area contributed by atoms with Crippen LogP contribution in [0.3, 0.4) is 0 Å². The maximum Gasteiger partial charge on any atom is 0.341 e. The molecule has 0 aliphatic carbocycles. The lowest BCUT2D eigenvalue weighted by atomic mass is 9.97. The molecule has 0 bridgehead atoms. The number of hydrogen-bond acceptors (Lipinski definition) is 4. The van der Waals surface area contributed by atoms with E-state index in [0.717, 1.165) is 22.0 Å². The standard InChI is InChI=1S/C24H20N2O5/c1-2-17-20(23(29)24(25)30)22-18(31-13-19(27)28)8-5-11-26(22)21(17)16-10-9-14-6-3-4-7-15(14)12-16/h3-12H,2,13H2,1H3,(H2,25,30)(H,27,28). The molecule has 0 spiro atoms. The van der Waals surface area contributed by atoms with Gasteiger partial charge in [0.25, 0.3) is 11.7 Å². The Hall–Kier alpha value is -4.13. The molecular formula is C24H20N2O5.